The Kier molecular flexibility index (Phi) is 5.35. The highest BCUT2D eigenvalue weighted by atomic mass is 16.5. The van der Waals surface area contributed by atoms with E-state index in [1.54, 1.807) is 13.2 Å². The summed E-state index contributed by atoms with van der Waals surface area (Å²) in [5.41, 5.74) is 4.98. The Hall–Kier alpha value is -3.41. The summed E-state index contributed by atoms with van der Waals surface area (Å²) in [6.07, 6.45) is 1.36. The van der Waals surface area contributed by atoms with Crippen molar-refractivity contribution in [1.82, 2.24) is 9.97 Å². The van der Waals surface area contributed by atoms with E-state index in [-0.39, 0.29) is 11.6 Å². The number of carbonyl (C=O) groups is 1. The molecule has 0 unspecified atom stereocenters. The van der Waals surface area contributed by atoms with Crippen molar-refractivity contribution in [3.8, 4) is 5.75 Å². The van der Waals surface area contributed by atoms with Gasteiger partial charge in [0.2, 0.25) is 0 Å². The Morgan fingerprint density at radius 2 is 1.63 bits per heavy atom. The summed E-state index contributed by atoms with van der Waals surface area (Å²) in [6.45, 7) is 5.93. The van der Waals surface area contributed by atoms with Gasteiger partial charge in [-0.1, -0.05) is 18.2 Å². The molecule has 2 N–H and O–H groups in total. The number of rotatable bonds is 5. The van der Waals surface area contributed by atoms with E-state index in [1.807, 2.05) is 57.2 Å². The zero-order chi connectivity index (χ0) is 19.4. The van der Waals surface area contributed by atoms with Crippen molar-refractivity contribution < 1.29 is 9.53 Å². The van der Waals surface area contributed by atoms with Crippen molar-refractivity contribution in [1.29, 1.82) is 0 Å². The van der Waals surface area contributed by atoms with E-state index in [9.17, 15) is 4.79 Å². The molecule has 0 bridgehead atoms. The molecule has 0 spiro atoms. The highest BCUT2D eigenvalue weighted by Crippen LogP contribution is 2.28. The number of methoxy groups -OCH3 is 1. The number of nitrogens with one attached hydrogen (secondary N) is 2. The van der Waals surface area contributed by atoms with Crippen molar-refractivity contribution in [3.05, 3.63) is 71.2 Å². The molecular weight excluding hydrogens is 340 g/mol. The summed E-state index contributed by atoms with van der Waals surface area (Å²) >= 11 is 0. The van der Waals surface area contributed by atoms with Crippen LogP contribution in [0, 0.1) is 20.8 Å². The molecular formula is C21H22N4O2. The van der Waals surface area contributed by atoms with Gasteiger partial charge in [0.15, 0.2) is 0 Å². The Bertz CT molecular complexity index is 986. The van der Waals surface area contributed by atoms with E-state index in [2.05, 4.69) is 20.6 Å². The molecule has 0 aliphatic carbocycles. The van der Waals surface area contributed by atoms with Crippen molar-refractivity contribution >= 4 is 23.1 Å². The van der Waals surface area contributed by atoms with Crippen molar-refractivity contribution in [3.63, 3.8) is 0 Å². The van der Waals surface area contributed by atoms with Crippen LogP contribution in [0.5, 0.6) is 5.75 Å². The number of hydrogen-bond acceptors (Lipinski definition) is 5. The first-order chi connectivity index (χ1) is 13.0. The molecule has 0 saturated carbocycles. The van der Waals surface area contributed by atoms with E-state index in [4.69, 9.17) is 4.74 Å². The first kappa shape index (κ1) is 18.4. The summed E-state index contributed by atoms with van der Waals surface area (Å²) in [5, 5.41) is 6.10. The van der Waals surface area contributed by atoms with Crippen LogP contribution in [0.25, 0.3) is 0 Å². The van der Waals surface area contributed by atoms with Crippen LogP contribution in [-0.4, -0.2) is 23.0 Å². The SMILES string of the molecule is COc1ccc(C)cc1Nc1cc(C(=O)Nc2cc(C)ccc2C)ncn1. The van der Waals surface area contributed by atoms with Crippen LogP contribution in [0.2, 0.25) is 0 Å². The third kappa shape index (κ3) is 4.41. The number of ether oxygens (including phenoxy) is 1. The molecule has 1 heterocycles. The van der Waals surface area contributed by atoms with Crippen LogP contribution >= 0.6 is 0 Å². The number of aromatic nitrogens is 2. The molecule has 0 saturated heterocycles. The van der Waals surface area contributed by atoms with E-state index in [1.165, 1.54) is 6.33 Å². The van der Waals surface area contributed by atoms with Crippen LogP contribution in [0.3, 0.4) is 0 Å². The van der Waals surface area contributed by atoms with Gasteiger partial charge >= 0.3 is 0 Å². The fraction of sp³-hybridized carbons (Fsp3) is 0.190. The molecule has 3 rings (SSSR count). The number of aryl methyl sites for hydroxylation is 3. The average molecular weight is 362 g/mol. The summed E-state index contributed by atoms with van der Waals surface area (Å²) in [5.74, 6) is 0.922. The van der Waals surface area contributed by atoms with Gasteiger partial charge in [-0.15, -0.1) is 0 Å². The Morgan fingerprint density at radius 3 is 2.37 bits per heavy atom. The van der Waals surface area contributed by atoms with Gasteiger partial charge in [0.25, 0.3) is 5.91 Å². The maximum atomic E-state index is 12.6. The van der Waals surface area contributed by atoms with Crippen LogP contribution < -0.4 is 15.4 Å². The Labute approximate surface area is 158 Å². The maximum absolute atomic E-state index is 12.6. The lowest BCUT2D eigenvalue weighted by Gasteiger charge is -2.12. The normalized spacial score (nSPS) is 10.4. The first-order valence-corrected chi connectivity index (χ1v) is 8.58. The topological polar surface area (TPSA) is 76.1 Å². The number of carbonyl (C=O) groups excluding carboxylic acids is 1. The average Bonchev–Trinajstić information content (AvgIpc) is 2.65. The fourth-order valence-electron chi connectivity index (χ4n) is 2.66. The minimum absolute atomic E-state index is 0.278. The summed E-state index contributed by atoms with van der Waals surface area (Å²) in [6, 6.07) is 13.3. The molecule has 6 nitrogen and oxygen atoms in total. The van der Waals surface area contributed by atoms with Crippen LogP contribution in [-0.2, 0) is 0 Å². The highest BCUT2D eigenvalue weighted by molar-refractivity contribution is 6.03. The zero-order valence-electron chi connectivity index (χ0n) is 15.8. The number of anilines is 3. The minimum Gasteiger partial charge on any atom is -0.495 e. The molecule has 0 aliphatic heterocycles. The van der Waals surface area contributed by atoms with Gasteiger partial charge in [0, 0.05) is 11.8 Å². The Morgan fingerprint density at radius 1 is 0.926 bits per heavy atom. The molecule has 0 radical (unpaired) electrons. The molecule has 0 fully saturated rings. The van der Waals surface area contributed by atoms with E-state index in [0.717, 1.165) is 28.1 Å². The molecule has 2 aromatic carbocycles. The van der Waals surface area contributed by atoms with Gasteiger partial charge in [0.1, 0.15) is 23.6 Å². The first-order valence-electron chi connectivity index (χ1n) is 8.58. The zero-order valence-corrected chi connectivity index (χ0v) is 15.8. The van der Waals surface area contributed by atoms with Gasteiger partial charge in [-0.3, -0.25) is 4.79 Å². The second-order valence-electron chi connectivity index (χ2n) is 6.39. The molecule has 3 aromatic rings. The molecule has 138 valence electrons. The lowest BCUT2D eigenvalue weighted by Crippen LogP contribution is -2.15. The molecule has 1 amide bonds. The lowest BCUT2D eigenvalue weighted by molar-refractivity contribution is 0.102. The van der Waals surface area contributed by atoms with Crippen LogP contribution in [0.15, 0.2) is 48.8 Å². The number of benzene rings is 2. The summed E-state index contributed by atoms with van der Waals surface area (Å²) in [4.78, 5) is 20.9. The smallest absolute Gasteiger partial charge is 0.274 e. The maximum Gasteiger partial charge on any atom is 0.274 e. The number of hydrogen-bond donors (Lipinski definition) is 2. The predicted octanol–water partition coefficient (Wildman–Crippen LogP) is 4.41. The van der Waals surface area contributed by atoms with Crippen LogP contribution in [0.4, 0.5) is 17.2 Å². The molecule has 27 heavy (non-hydrogen) atoms. The van der Waals surface area contributed by atoms with Gasteiger partial charge in [-0.05, 0) is 55.7 Å². The van der Waals surface area contributed by atoms with Gasteiger partial charge in [-0.25, -0.2) is 9.97 Å². The van der Waals surface area contributed by atoms with Crippen molar-refractivity contribution in [2.24, 2.45) is 0 Å². The Balaban J connectivity index is 1.82. The number of nitrogens with zero attached hydrogens (tertiary/aromatic N) is 2. The second-order valence-corrected chi connectivity index (χ2v) is 6.39. The molecule has 0 atom stereocenters. The van der Waals surface area contributed by atoms with E-state index >= 15 is 0 Å². The molecule has 6 heteroatoms. The molecule has 0 aliphatic rings. The lowest BCUT2D eigenvalue weighted by atomic mass is 10.1. The third-order valence-electron chi connectivity index (χ3n) is 4.16. The summed E-state index contributed by atoms with van der Waals surface area (Å²) in [7, 11) is 1.61. The van der Waals surface area contributed by atoms with Gasteiger partial charge in [-0.2, -0.15) is 0 Å². The monoisotopic (exact) mass is 362 g/mol. The summed E-state index contributed by atoms with van der Waals surface area (Å²) < 4.78 is 5.37. The van der Waals surface area contributed by atoms with E-state index < -0.39 is 0 Å². The van der Waals surface area contributed by atoms with Gasteiger partial charge in [0.05, 0.1) is 12.8 Å². The second kappa shape index (κ2) is 7.86. The van der Waals surface area contributed by atoms with Gasteiger partial charge < -0.3 is 15.4 Å². The standard InChI is InChI=1S/C21H22N4O2/c1-13-5-7-15(3)16(9-13)25-21(26)18-11-20(23-12-22-18)24-17-10-14(2)6-8-19(17)27-4/h5-12H,1-4H3,(H,25,26)(H,22,23,24). The fourth-order valence-corrected chi connectivity index (χ4v) is 2.66. The van der Waals surface area contributed by atoms with Crippen molar-refractivity contribution in [2.75, 3.05) is 17.7 Å². The van der Waals surface area contributed by atoms with E-state index in [0.29, 0.717) is 11.6 Å². The third-order valence-corrected chi connectivity index (χ3v) is 4.16. The highest BCUT2D eigenvalue weighted by Gasteiger charge is 2.12. The largest absolute Gasteiger partial charge is 0.495 e. The number of amides is 1. The predicted molar refractivity (Wildman–Crippen MR) is 107 cm³/mol. The minimum atomic E-state index is -0.287. The van der Waals surface area contributed by atoms with Crippen molar-refractivity contribution in [2.45, 2.75) is 20.8 Å². The van der Waals surface area contributed by atoms with Crippen LogP contribution in [0.1, 0.15) is 27.2 Å². The molecule has 1 aromatic heterocycles. The quantitative estimate of drug-likeness (QED) is 0.703.